The first kappa shape index (κ1) is 27.1. The Balaban J connectivity index is 1.15. The van der Waals surface area contributed by atoms with Crippen LogP contribution in [0, 0.1) is 0 Å². The number of piperidine rings is 1. The van der Waals surface area contributed by atoms with Gasteiger partial charge < -0.3 is 24.0 Å². The fourth-order valence-electron chi connectivity index (χ4n) is 5.82. The molecule has 2 bridgehead atoms. The number of benzene rings is 1. The van der Waals surface area contributed by atoms with E-state index in [0.29, 0.717) is 24.2 Å². The number of nitrogens with one attached hydrogen (secondary N) is 1. The van der Waals surface area contributed by atoms with E-state index in [-0.39, 0.29) is 65.1 Å². The van der Waals surface area contributed by atoms with Gasteiger partial charge in [0.1, 0.15) is 23.0 Å². The van der Waals surface area contributed by atoms with Gasteiger partial charge >= 0.3 is 18.4 Å². The molecule has 2 unspecified atom stereocenters. The number of aromatic carboxylic acids is 1. The van der Waals surface area contributed by atoms with E-state index in [0.717, 1.165) is 25.7 Å². The monoisotopic (exact) mass is 572 g/mol. The number of alkyl halides is 3. The van der Waals surface area contributed by atoms with E-state index in [4.69, 9.17) is 9.26 Å². The van der Waals surface area contributed by atoms with E-state index >= 15 is 0 Å². The topological polar surface area (TPSA) is 127 Å². The SMILES string of the molecule is O=C(O)c1ccnc(NC(=O)N2C3CCC2CC(OCc2c(-c4ccccc4OC(F)(F)F)noc2C2CC2)C3)c1. The van der Waals surface area contributed by atoms with Gasteiger partial charge in [-0.25, -0.2) is 14.6 Å². The second kappa shape index (κ2) is 10.7. The van der Waals surface area contributed by atoms with Crippen molar-refractivity contribution in [1.82, 2.24) is 15.0 Å². The number of aromatic nitrogens is 2. The number of nitrogens with zero attached hydrogens (tertiary/aromatic N) is 3. The van der Waals surface area contributed by atoms with Crippen LogP contribution in [-0.4, -0.2) is 56.7 Å². The molecule has 2 aromatic heterocycles. The maximum absolute atomic E-state index is 13.1. The second-order valence-electron chi connectivity index (χ2n) is 10.6. The van der Waals surface area contributed by atoms with E-state index in [1.165, 1.54) is 36.5 Å². The number of carboxylic acids is 1. The summed E-state index contributed by atoms with van der Waals surface area (Å²) in [7, 11) is 0. The normalized spacial score (nSPS) is 22.0. The zero-order valence-electron chi connectivity index (χ0n) is 21.8. The lowest BCUT2D eigenvalue weighted by molar-refractivity contribution is -0.274. The molecular formula is C28H27F3N4O6. The number of anilines is 1. The number of carbonyl (C=O) groups is 2. The highest BCUT2D eigenvalue weighted by molar-refractivity contribution is 5.92. The average molecular weight is 573 g/mol. The molecular weight excluding hydrogens is 545 g/mol. The summed E-state index contributed by atoms with van der Waals surface area (Å²) >= 11 is 0. The minimum absolute atomic E-state index is 0.0247. The first-order valence-corrected chi connectivity index (χ1v) is 13.4. The number of hydrogen-bond acceptors (Lipinski definition) is 7. The summed E-state index contributed by atoms with van der Waals surface area (Å²) in [6, 6.07) is 7.99. The van der Waals surface area contributed by atoms with Gasteiger partial charge in [0.2, 0.25) is 0 Å². The second-order valence-corrected chi connectivity index (χ2v) is 10.6. The zero-order valence-corrected chi connectivity index (χ0v) is 21.8. The summed E-state index contributed by atoms with van der Waals surface area (Å²) in [5.41, 5.74) is 1.08. The predicted molar refractivity (Wildman–Crippen MR) is 137 cm³/mol. The summed E-state index contributed by atoms with van der Waals surface area (Å²) in [5, 5.41) is 16.0. The number of amides is 2. The maximum Gasteiger partial charge on any atom is 0.573 e. The van der Waals surface area contributed by atoms with Crippen molar-refractivity contribution >= 4 is 17.8 Å². The molecule has 2 N–H and O–H groups in total. The number of carbonyl (C=O) groups excluding carboxylic acids is 1. The largest absolute Gasteiger partial charge is 0.573 e. The lowest BCUT2D eigenvalue weighted by Crippen LogP contribution is -2.50. The average Bonchev–Trinajstić information content (AvgIpc) is 3.62. The van der Waals surface area contributed by atoms with E-state index < -0.39 is 12.3 Å². The molecule has 2 saturated heterocycles. The van der Waals surface area contributed by atoms with E-state index in [1.807, 2.05) is 0 Å². The third kappa shape index (κ3) is 5.85. The van der Waals surface area contributed by atoms with Gasteiger partial charge in [0.05, 0.1) is 18.3 Å². The van der Waals surface area contributed by atoms with Crippen LogP contribution < -0.4 is 10.1 Å². The molecule has 0 spiro atoms. The Bertz CT molecular complexity index is 1440. The van der Waals surface area contributed by atoms with Gasteiger partial charge in [0, 0.05) is 35.3 Å². The van der Waals surface area contributed by atoms with Gasteiger partial charge in [0.15, 0.2) is 0 Å². The standard InChI is InChI=1S/C28H27F3N4O6/c29-28(30,31)40-22-4-2-1-3-20(22)24-21(25(41-34-24)15-5-6-15)14-39-19-12-17-7-8-18(13-19)35(17)27(38)33-23-11-16(26(36)37)9-10-32-23/h1-4,9-11,15,17-19H,5-8,12-14H2,(H,36,37)(H,32,33,38). The van der Waals surface area contributed by atoms with Crippen LogP contribution in [0.5, 0.6) is 5.75 Å². The lowest BCUT2D eigenvalue weighted by atomic mass is 9.99. The van der Waals surface area contributed by atoms with Gasteiger partial charge in [-0.2, -0.15) is 0 Å². The van der Waals surface area contributed by atoms with Crippen LogP contribution in [0.2, 0.25) is 0 Å². The summed E-state index contributed by atoms with van der Waals surface area (Å²) in [6.45, 7) is 0.104. The van der Waals surface area contributed by atoms with Crippen LogP contribution in [-0.2, 0) is 11.3 Å². The van der Waals surface area contributed by atoms with E-state index in [1.54, 1.807) is 11.0 Å². The van der Waals surface area contributed by atoms with Crippen LogP contribution >= 0.6 is 0 Å². The van der Waals surface area contributed by atoms with Gasteiger partial charge in [-0.3, -0.25) is 5.32 Å². The first-order chi connectivity index (χ1) is 19.7. The van der Waals surface area contributed by atoms with Crippen LogP contribution in [0.15, 0.2) is 47.1 Å². The van der Waals surface area contributed by atoms with Crippen molar-refractivity contribution in [2.45, 2.75) is 75.6 Å². The number of carboxylic acid groups (broad SMARTS) is 1. The third-order valence-electron chi connectivity index (χ3n) is 7.76. The Morgan fingerprint density at radius 3 is 2.51 bits per heavy atom. The van der Waals surface area contributed by atoms with Crippen LogP contribution in [0.4, 0.5) is 23.8 Å². The van der Waals surface area contributed by atoms with Crippen molar-refractivity contribution in [3.8, 4) is 17.0 Å². The number of halogens is 3. The zero-order chi connectivity index (χ0) is 28.7. The Morgan fingerprint density at radius 2 is 1.83 bits per heavy atom. The molecule has 10 nitrogen and oxygen atoms in total. The number of rotatable bonds is 8. The van der Waals surface area contributed by atoms with Gasteiger partial charge in [-0.15, -0.1) is 13.2 Å². The van der Waals surface area contributed by atoms with Crippen molar-refractivity contribution in [3.05, 3.63) is 59.5 Å². The molecule has 41 heavy (non-hydrogen) atoms. The lowest BCUT2D eigenvalue weighted by Gasteiger charge is -2.38. The molecule has 2 atom stereocenters. The first-order valence-electron chi connectivity index (χ1n) is 13.4. The van der Waals surface area contributed by atoms with Crippen molar-refractivity contribution in [3.63, 3.8) is 0 Å². The molecule has 6 rings (SSSR count). The number of urea groups is 1. The molecule has 13 heteroatoms. The molecule has 4 heterocycles. The minimum Gasteiger partial charge on any atom is -0.478 e. The highest BCUT2D eigenvalue weighted by Crippen LogP contribution is 2.46. The number of pyridine rings is 1. The van der Waals surface area contributed by atoms with Crippen LogP contribution in [0.1, 0.15) is 66.1 Å². The summed E-state index contributed by atoms with van der Waals surface area (Å²) in [4.78, 5) is 30.2. The molecule has 0 radical (unpaired) electrons. The quantitative estimate of drug-likeness (QED) is 0.339. The van der Waals surface area contributed by atoms with E-state index in [9.17, 15) is 27.9 Å². The molecule has 3 fully saturated rings. The van der Waals surface area contributed by atoms with Crippen molar-refractivity contribution in [2.24, 2.45) is 0 Å². The Hall–Kier alpha value is -4.13. The van der Waals surface area contributed by atoms with Crippen molar-refractivity contribution in [1.29, 1.82) is 0 Å². The Labute approximate surface area is 232 Å². The number of para-hydroxylation sites is 1. The van der Waals surface area contributed by atoms with Crippen molar-refractivity contribution < 1.29 is 41.9 Å². The Kier molecular flexibility index (Phi) is 7.06. The van der Waals surface area contributed by atoms with Gasteiger partial charge in [-0.1, -0.05) is 17.3 Å². The highest BCUT2D eigenvalue weighted by atomic mass is 19.4. The third-order valence-corrected chi connectivity index (χ3v) is 7.76. The molecule has 3 aromatic rings. The number of fused-ring (bicyclic) bond motifs is 2. The fourth-order valence-corrected chi connectivity index (χ4v) is 5.82. The molecule has 1 saturated carbocycles. The van der Waals surface area contributed by atoms with E-state index in [2.05, 4.69) is 20.2 Å². The highest BCUT2D eigenvalue weighted by Gasteiger charge is 2.44. The molecule has 1 aromatic carbocycles. The minimum atomic E-state index is -4.86. The van der Waals surface area contributed by atoms with Crippen LogP contribution in [0.25, 0.3) is 11.3 Å². The number of hydrogen-bond donors (Lipinski definition) is 2. The van der Waals surface area contributed by atoms with Crippen LogP contribution in [0.3, 0.4) is 0 Å². The van der Waals surface area contributed by atoms with Gasteiger partial charge in [0.25, 0.3) is 0 Å². The maximum atomic E-state index is 13.1. The fraction of sp³-hybridized carbons (Fsp3) is 0.429. The summed E-state index contributed by atoms with van der Waals surface area (Å²) in [5.74, 6) is -0.538. The number of ether oxygens (including phenoxy) is 2. The molecule has 1 aliphatic carbocycles. The smallest absolute Gasteiger partial charge is 0.478 e. The molecule has 2 aliphatic heterocycles. The summed E-state index contributed by atoms with van der Waals surface area (Å²) < 4.78 is 55.4. The molecule has 2 amide bonds. The van der Waals surface area contributed by atoms with Crippen molar-refractivity contribution in [2.75, 3.05) is 5.32 Å². The molecule has 216 valence electrons. The summed E-state index contributed by atoms with van der Waals surface area (Å²) in [6.07, 6.45) is 0.874. The predicted octanol–water partition coefficient (Wildman–Crippen LogP) is 5.95. The van der Waals surface area contributed by atoms with Gasteiger partial charge in [-0.05, 0) is 62.8 Å². The Morgan fingerprint density at radius 1 is 1.10 bits per heavy atom. The molecule has 3 aliphatic rings.